The van der Waals surface area contributed by atoms with E-state index in [1.54, 1.807) is 0 Å². The molecule has 2 rings (SSSR count). The van der Waals surface area contributed by atoms with Gasteiger partial charge in [-0.15, -0.1) is 0 Å². The lowest BCUT2D eigenvalue weighted by molar-refractivity contribution is -0.137. The minimum Gasteiger partial charge on any atom is -0.480 e. The third-order valence-electron chi connectivity index (χ3n) is 4.02. The zero-order valence-corrected chi connectivity index (χ0v) is 12.2. The van der Waals surface area contributed by atoms with Gasteiger partial charge in [0.25, 0.3) is 0 Å². The van der Waals surface area contributed by atoms with Crippen molar-refractivity contribution in [1.29, 1.82) is 0 Å². The highest BCUT2D eigenvalue weighted by molar-refractivity contribution is 5.80. The Balaban J connectivity index is 1.82. The van der Waals surface area contributed by atoms with Gasteiger partial charge in [-0.05, 0) is 26.9 Å². The lowest BCUT2D eigenvalue weighted by Gasteiger charge is -2.38. The van der Waals surface area contributed by atoms with Crippen LogP contribution in [0.4, 0.5) is 4.79 Å². The summed E-state index contributed by atoms with van der Waals surface area (Å²) < 4.78 is 0. The van der Waals surface area contributed by atoms with Crippen molar-refractivity contribution in [2.75, 3.05) is 46.8 Å². The zero-order chi connectivity index (χ0) is 14.7. The summed E-state index contributed by atoms with van der Waals surface area (Å²) in [7, 11) is 4.13. The Labute approximate surface area is 119 Å². The van der Waals surface area contributed by atoms with E-state index >= 15 is 0 Å². The maximum atomic E-state index is 12.1. The van der Waals surface area contributed by atoms with Crippen molar-refractivity contribution in [3.63, 3.8) is 0 Å². The fourth-order valence-corrected chi connectivity index (χ4v) is 2.53. The fourth-order valence-electron chi connectivity index (χ4n) is 2.53. The number of carboxylic acids is 1. The van der Waals surface area contributed by atoms with Gasteiger partial charge in [-0.25, -0.2) is 4.79 Å². The van der Waals surface area contributed by atoms with Gasteiger partial charge in [0.05, 0.1) is 0 Å². The second kappa shape index (κ2) is 6.41. The topological polar surface area (TPSA) is 76.1 Å². The first-order valence-electron chi connectivity index (χ1n) is 7.12. The molecule has 1 atom stereocenters. The summed E-state index contributed by atoms with van der Waals surface area (Å²) in [5, 5.41) is 11.8. The first-order chi connectivity index (χ1) is 9.47. The molecule has 7 heteroatoms. The minimum absolute atomic E-state index is 0.109. The number of likely N-dealkylation sites (N-methyl/N-ethyl adjacent to an activating group) is 2. The summed E-state index contributed by atoms with van der Waals surface area (Å²) in [5.74, 6) is -0.957. The third kappa shape index (κ3) is 4.08. The number of amides is 2. The SMILES string of the molecule is CN1CCN(C)C(CNC(=O)N(CC(=O)O)C2CC2)C1. The maximum Gasteiger partial charge on any atom is 0.323 e. The largest absolute Gasteiger partial charge is 0.480 e. The van der Waals surface area contributed by atoms with Crippen molar-refractivity contribution < 1.29 is 14.7 Å². The van der Waals surface area contributed by atoms with Gasteiger partial charge in [0.1, 0.15) is 6.54 Å². The van der Waals surface area contributed by atoms with Crippen molar-refractivity contribution in [2.45, 2.75) is 24.9 Å². The highest BCUT2D eigenvalue weighted by atomic mass is 16.4. The van der Waals surface area contributed by atoms with Gasteiger partial charge in [0.2, 0.25) is 0 Å². The van der Waals surface area contributed by atoms with Crippen LogP contribution in [0.5, 0.6) is 0 Å². The van der Waals surface area contributed by atoms with Gasteiger partial charge in [-0.3, -0.25) is 9.69 Å². The van der Waals surface area contributed by atoms with E-state index in [4.69, 9.17) is 5.11 Å². The quantitative estimate of drug-likeness (QED) is 0.711. The normalized spacial score (nSPS) is 24.4. The third-order valence-corrected chi connectivity index (χ3v) is 4.02. The Hall–Kier alpha value is -1.34. The lowest BCUT2D eigenvalue weighted by Crippen LogP contribution is -2.56. The van der Waals surface area contributed by atoms with E-state index in [1.807, 2.05) is 0 Å². The molecule has 2 N–H and O–H groups in total. The van der Waals surface area contributed by atoms with Gasteiger partial charge in [0.15, 0.2) is 0 Å². The number of carboxylic acid groups (broad SMARTS) is 1. The molecular formula is C13H24N4O3. The summed E-state index contributed by atoms with van der Waals surface area (Å²) in [6, 6.07) is 0.137. The molecule has 0 bridgehead atoms. The van der Waals surface area contributed by atoms with Gasteiger partial charge < -0.3 is 20.2 Å². The van der Waals surface area contributed by atoms with Crippen molar-refractivity contribution in [3.8, 4) is 0 Å². The van der Waals surface area contributed by atoms with E-state index in [2.05, 4.69) is 29.2 Å². The van der Waals surface area contributed by atoms with E-state index < -0.39 is 5.97 Å². The van der Waals surface area contributed by atoms with Crippen LogP contribution in [0.25, 0.3) is 0 Å². The Kier molecular flexibility index (Phi) is 4.82. The molecule has 114 valence electrons. The van der Waals surface area contributed by atoms with Gasteiger partial charge >= 0.3 is 12.0 Å². The summed E-state index contributed by atoms with van der Waals surface area (Å²) in [6.07, 6.45) is 1.82. The number of nitrogens with zero attached hydrogens (tertiary/aromatic N) is 3. The number of aliphatic carboxylic acids is 1. The molecule has 0 radical (unpaired) electrons. The number of hydrogen-bond acceptors (Lipinski definition) is 4. The van der Waals surface area contributed by atoms with E-state index in [9.17, 15) is 9.59 Å². The van der Waals surface area contributed by atoms with Crippen molar-refractivity contribution in [1.82, 2.24) is 20.0 Å². The molecule has 0 aromatic rings. The van der Waals surface area contributed by atoms with Crippen LogP contribution in [0, 0.1) is 0 Å². The summed E-state index contributed by atoms with van der Waals surface area (Å²) >= 11 is 0. The lowest BCUT2D eigenvalue weighted by atomic mass is 10.2. The second-order valence-corrected chi connectivity index (χ2v) is 5.84. The van der Waals surface area contributed by atoms with Crippen molar-refractivity contribution in [3.05, 3.63) is 0 Å². The number of carbonyl (C=O) groups is 2. The molecule has 2 amide bonds. The average Bonchev–Trinajstić information content (AvgIpc) is 3.20. The number of piperazine rings is 1. The predicted molar refractivity (Wildman–Crippen MR) is 74.7 cm³/mol. The predicted octanol–water partition coefficient (Wildman–Crippen LogP) is -0.509. The second-order valence-electron chi connectivity index (χ2n) is 5.84. The Bertz CT molecular complexity index is 373. The van der Waals surface area contributed by atoms with Crippen molar-refractivity contribution >= 4 is 12.0 Å². The molecule has 0 aromatic carbocycles. The summed E-state index contributed by atoms with van der Waals surface area (Å²) in [5.41, 5.74) is 0. The zero-order valence-electron chi connectivity index (χ0n) is 12.2. The highest BCUT2D eigenvalue weighted by Crippen LogP contribution is 2.26. The summed E-state index contributed by atoms with van der Waals surface area (Å²) in [4.78, 5) is 28.8. The number of nitrogens with one attached hydrogen (secondary N) is 1. The van der Waals surface area contributed by atoms with Gasteiger partial charge in [-0.2, -0.15) is 0 Å². The molecule has 1 saturated carbocycles. The fraction of sp³-hybridized carbons (Fsp3) is 0.846. The van der Waals surface area contributed by atoms with E-state index in [0.717, 1.165) is 32.5 Å². The van der Waals surface area contributed by atoms with Crippen LogP contribution >= 0.6 is 0 Å². The Morgan fingerprint density at radius 1 is 1.30 bits per heavy atom. The van der Waals surface area contributed by atoms with Crippen LogP contribution in [0.15, 0.2) is 0 Å². The van der Waals surface area contributed by atoms with Gasteiger partial charge in [0, 0.05) is 38.3 Å². The molecule has 1 aliphatic carbocycles. The summed E-state index contributed by atoms with van der Waals surface area (Å²) in [6.45, 7) is 3.28. The molecule has 0 aromatic heterocycles. The molecule has 1 saturated heterocycles. The molecular weight excluding hydrogens is 260 g/mol. The van der Waals surface area contributed by atoms with Crippen molar-refractivity contribution in [2.24, 2.45) is 0 Å². The maximum absolute atomic E-state index is 12.1. The van der Waals surface area contributed by atoms with E-state index in [-0.39, 0.29) is 24.7 Å². The molecule has 7 nitrogen and oxygen atoms in total. The average molecular weight is 284 g/mol. The monoisotopic (exact) mass is 284 g/mol. The molecule has 1 aliphatic heterocycles. The number of hydrogen-bond donors (Lipinski definition) is 2. The Morgan fingerprint density at radius 3 is 2.60 bits per heavy atom. The van der Waals surface area contributed by atoms with Crippen LogP contribution in [-0.2, 0) is 4.79 Å². The first kappa shape index (κ1) is 15.1. The molecule has 20 heavy (non-hydrogen) atoms. The molecule has 2 fully saturated rings. The number of carbonyl (C=O) groups excluding carboxylic acids is 1. The van der Waals surface area contributed by atoms with Crippen LogP contribution in [0.1, 0.15) is 12.8 Å². The minimum atomic E-state index is -0.957. The molecule has 1 unspecified atom stereocenters. The molecule has 0 spiro atoms. The highest BCUT2D eigenvalue weighted by Gasteiger charge is 2.34. The van der Waals surface area contributed by atoms with E-state index in [1.165, 1.54) is 4.90 Å². The van der Waals surface area contributed by atoms with Gasteiger partial charge in [-0.1, -0.05) is 0 Å². The van der Waals surface area contributed by atoms with Crippen LogP contribution in [0.2, 0.25) is 0 Å². The number of rotatable bonds is 5. The number of urea groups is 1. The van der Waals surface area contributed by atoms with E-state index in [0.29, 0.717) is 6.54 Å². The standard InChI is InChI=1S/C13H24N4O3/c1-15-5-6-16(2)11(8-15)7-14-13(20)17(9-12(18)19)10-3-4-10/h10-11H,3-9H2,1-2H3,(H,14,20)(H,18,19). The molecule has 2 aliphatic rings. The Morgan fingerprint density at radius 2 is 2.00 bits per heavy atom. The van der Waals surface area contributed by atoms with Crippen LogP contribution in [0.3, 0.4) is 0 Å². The van der Waals surface area contributed by atoms with Crippen LogP contribution < -0.4 is 5.32 Å². The molecule has 1 heterocycles. The van der Waals surface area contributed by atoms with Crippen LogP contribution in [-0.4, -0.2) is 90.7 Å². The smallest absolute Gasteiger partial charge is 0.323 e. The first-order valence-corrected chi connectivity index (χ1v) is 7.12.